The summed E-state index contributed by atoms with van der Waals surface area (Å²) in [5.41, 5.74) is 9.04. The number of aryl methyl sites for hydroxylation is 1. The van der Waals surface area contributed by atoms with Crippen molar-refractivity contribution in [3.05, 3.63) is 51.2 Å². The number of nitrogens with two attached hydrogens (primary N) is 1. The molecule has 122 valence electrons. The first-order valence-corrected chi connectivity index (χ1v) is 8.01. The van der Waals surface area contributed by atoms with Crippen LogP contribution in [0.5, 0.6) is 0 Å². The number of nitrogens with zero attached hydrogens (tertiary/aromatic N) is 3. The molecule has 0 aliphatic heterocycles. The Morgan fingerprint density at radius 2 is 2.21 bits per heavy atom. The van der Waals surface area contributed by atoms with Gasteiger partial charge in [-0.05, 0) is 36.8 Å². The highest BCUT2D eigenvalue weighted by atomic mass is 16.6. The summed E-state index contributed by atoms with van der Waals surface area (Å²) in [6.07, 6.45) is 3.62. The number of pyridine rings is 1. The van der Waals surface area contributed by atoms with Crippen LogP contribution in [0.25, 0.3) is 11.1 Å². The van der Waals surface area contributed by atoms with Gasteiger partial charge in [0.05, 0.1) is 10.5 Å². The van der Waals surface area contributed by atoms with E-state index in [2.05, 4.69) is 18.0 Å². The first kappa shape index (κ1) is 15.9. The zero-order valence-corrected chi connectivity index (χ0v) is 13.5. The second-order valence-corrected chi connectivity index (χ2v) is 6.08. The lowest BCUT2D eigenvalue weighted by Crippen LogP contribution is -2.18. The van der Waals surface area contributed by atoms with E-state index in [9.17, 15) is 15.4 Å². The molecule has 1 aliphatic carbocycles. The van der Waals surface area contributed by atoms with Gasteiger partial charge < -0.3 is 5.73 Å². The second-order valence-electron chi connectivity index (χ2n) is 6.08. The maximum absolute atomic E-state index is 11.4. The molecule has 1 aliphatic rings. The Kier molecular flexibility index (Phi) is 4.17. The Balaban J connectivity index is 2.33. The van der Waals surface area contributed by atoms with Crippen molar-refractivity contribution in [1.82, 2.24) is 4.98 Å². The van der Waals surface area contributed by atoms with Gasteiger partial charge in [-0.2, -0.15) is 5.26 Å². The van der Waals surface area contributed by atoms with Crippen molar-refractivity contribution in [1.29, 1.82) is 5.26 Å². The highest BCUT2D eigenvalue weighted by Crippen LogP contribution is 2.41. The van der Waals surface area contributed by atoms with Crippen LogP contribution in [-0.2, 0) is 12.8 Å². The van der Waals surface area contributed by atoms with Crippen LogP contribution in [0.4, 0.5) is 11.5 Å². The largest absolute Gasteiger partial charge is 0.383 e. The highest BCUT2D eigenvalue weighted by molar-refractivity contribution is 5.84. The van der Waals surface area contributed by atoms with Crippen molar-refractivity contribution in [3.63, 3.8) is 0 Å². The van der Waals surface area contributed by atoms with Crippen molar-refractivity contribution >= 4 is 11.5 Å². The number of anilines is 1. The van der Waals surface area contributed by atoms with Crippen LogP contribution in [0.3, 0.4) is 0 Å². The first-order valence-electron chi connectivity index (χ1n) is 8.01. The van der Waals surface area contributed by atoms with E-state index in [-0.39, 0.29) is 17.1 Å². The molecule has 3 rings (SSSR count). The maximum atomic E-state index is 11.4. The Bertz CT molecular complexity index is 855. The third kappa shape index (κ3) is 2.58. The predicted octanol–water partition coefficient (Wildman–Crippen LogP) is 3.63. The van der Waals surface area contributed by atoms with Gasteiger partial charge in [0.15, 0.2) is 0 Å². The number of nitro benzene ring substituents is 1. The quantitative estimate of drug-likeness (QED) is 0.686. The molecule has 0 fully saturated rings. The van der Waals surface area contributed by atoms with Gasteiger partial charge in [-0.3, -0.25) is 10.1 Å². The lowest BCUT2D eigenvalue weighted by atomic mass is 9.80. The lowest BCUT2D eigenvalue weighted by molar-refractivity contribution is -0.384. The van der Waals surface area contributed by atoms with Crippen molar-refractivity contribution < 1.29 is 4.92 Å². The third-order valence-corrected chi connectivity index (χ3v) is 4.75. The molecule has 1 aromatic heterocycles. The molecular formula is C18H18N4O2. The maximum Gasteiger partial charge on any atom is 0.277 e. The number of fused-ring (bicyclic) bond motifs is 1. The van der Waals surface area contributed by atoms with Crippen molar-refractivity contribution in [3.8, 4) is 17.2 Å². The molecule has 0 saturated carbocycles. The van der Waals surface area contributed by atoms with Gasteiger partial charge in [-0.15, -0.1) is 0 Å². The second kappa shape index (κ2) is 6.28. The molecule has 1 unspecified atom stereocenters. The topological polar surface area (TPSA) is 106 Å². The SMILES string of the molecule is CCC1CCc2nc(N)c(C#N)c(-c3ccccc3[N+](=O)[O-])c2C1. The molecule has 1 heterocycles. The average molecular weight is 322 g/mol. The minimum absolute atomic E-state index is 0.0135. The van der Waals surface area contributed by atoms with Crippen molar-refractivity contribution in [2.45, 2.75) is 32.6 Å². The fourth-order valence-corrected chi connectivity index (χ4v) is 3.45. The van der Waals surface area contributed by atoms with Gasteiger partial charge in [0.1, 0.15) is 17.5 Å². The van der Waals surface area contributed by atoms with E-state index in [0.717, 1.165) is 36.9 Å². The standard InChI is InChI=1S/C18H18N4O2/c1-2-11-7-8-15-13(9-11)17(14(10-19)18(20)21-15)12-5-3-4-6-16(12)22(23)24/h3-6,11H,2,7-9H2,1H3,(H2,20,21). The number of para-hydroxylation sites is 1. The fourth-order valence-electron chi connectivity index (χ4n) is 3.45. The normalized spacial score (nSPS) is 16.2. The van der Waals surface area contributed by atoms with E-state index in [1.165, 1.54) is 6.07 Å². The third-order valence-electron chi connectivity index (χ3n) is 4.75. The summed E-state index contributed by atoms with van der Waals surface area (Å²) in [6.45, 7) is 2.14. The molecular weight excluding hydrogens is 304 g/mol. The van der Waals surface area contributed by atoms with E-state index >= 15 is 0 Å². The monoisotopic (exact) mass is 322 g/mol. The number of nitro groups is 1. The summed E-state index contributed by atoms with van der Waals surface area (Å²) in [6, 6.07) is 8.61. The summed E-state index contributed by atoms with van der Waals surface area (Å²) >= 11 is 0. The first-order chi connectivity index (χ1) is 11.6. The van der Waals surface area contributed by atoms with Crippen LogP contribution >= 0.6 is 0 Å². The average Bonchev–Trinajstić information content (AvgIpc) is 2.60. The van der Waals surface area contributed by atoms with Crippen molar-refractivity contribution in [2.24, 2.45) is 5.92 Å². The van der Waals surface area contributed by atoms with E-state index < -0.39 is 4.92 Å². The van der Waals surface area contributed by atoms with Gasteiger partial charge in [0.25, 0.3) is 5.69 Å². The molecule has 2 N–H and O–H groups in total. The van der Waals surface area contributed by atoms with E-state index in [1.54, 1.807) is 18.2 Å². The smallest absolute Gasteiger partial charge is 0.277 e. The molecule has 0 amide bonds. The zero-order valence-electron chi connectivity index (χ0n) is 13.5. The van der Waals surface area contributed by atoms with Crippen LogP contribution in [0.15, 0.2) is 24.3 Å². The van der Waals surface area contributed by atoms with Crippen molar-refractivity contribution in [2.75, 3.05) is 5.73 Å². The summed E-state index contributed by atoms with van der Waals surface area (Å²) < 4.78 is 0. The minimum atomic E-state index is -0.417. The molecule has 0 bridgehead atoms. The number of nitriles is 1. The minimum Gasteiger partial charge on any atom is -0.383 e. The molecule has 6 nitrogen and oxygen atoms in total. The Morgan fingerprint density at radius 3 is 2.88 bits per heavy atom. The van der Waals surface area contributed by atoms with Crippen LogP contribution in [-0.4, -0.2) is 9.91 Å². The highest BCUT2D eigenvalue weighted by Gasteiger charge is 2.28. The lowest BCUT2D eigenvalue weighted by Gasteiger charge is -2.26. The Labute approximate surface area is 140 Å². The van der Waals surface area contributed by atoms with E-state index in [1.807, 2.05) is 0 Å². The number of hydrogen-bond acceptors (Lipinski definition) is 5. The number of rotatable bonds is 3. The molecule has 1 aromatic carbocycles. The molecule has 24 heavy (non-hydrogen) atoms. The zero-order chi connectivity index (χ0) is 17.3. The molecule has 0 spiro atoms. The Morgan fingerprint density at radius 1 is 1.46 bits per heavy atom. The number of aromatic nitrogens is 1. The van der Waals surface area contributed by atoms with Crippen LogP contribution < -0.4 is 5.73 Å². The predicted molar refractivity (Wildman–Crippen MR) is 91.3 cm³/mol. The number of nitrogen functional groups attached to an aromatic ring is 1. The number of hydrogen-bond donors (Lipinski definition) is 1. The van der Waals surface area contributed by atoms with Crippen LogP contribution in [0, 0.1) is 27.4 Å². The van der Waals surface area contributed by atoms with Gasteiger partial charge in [0, 0.05) is 17.3 Å². The summed E-state index contributed by atoms with van der Waals surface area (Å²) in [5, 5.41) is 21.0. The molecule has 6 heteroatoms. The fraction of sp³-hybridized carbons (Fsp3) is 0.333. The number of benzene rings is 1. The molecule has 0 saturated heterocycles. The Hall–Kier alpha value is -2.94. The van der Waals surface area contributed by atoms with E-state index in [0.29, 0.717) is 17.0 Å². The molecule has 1 atom stereocenters. The molecule has 0 radical (unpaired) electrons. The van der Waals surface area contributed by atoms with Gasteiger partial charge in [0.2, 0.25) is 0 Å². The summed E-state index contributed by atoms with van der Waals surface area (Å²) in [4.78, 5) is 15.4. The summed E-state index contributed by atoms with van der Waals surface area (Å²) in [7, 11) is 0. The van der Waals surface area contributed by atoms with Gasteiger partial charge >= 0.3 is 0 Å². The molecule has 2 aromatic rings. The van der Waals surface area contributed by atoms with Crippen LogP contribution in [0.2, 0.25) is 0 Å². The van der Waals surface area contributed by atoms with Gasteiger partial charge in [-0.25, -0.2) is 4.98 Å². The van der Waals surface area contributed by atoms with E-state index in [4.69, 9.17) is 5.73 Å². The van der Waals surface area contributed by atoms with Crippen LogP contribution in [0.1, 0.15) is 36.6 Å². The van der Waals surface area contributed by atoms with Gasteiger partial charge in [-0.1, -0.05) is 25.5 Å². The summed E-state index contributed by atoms with van der Waals surface area (Å²) in [5.74, 6) is 0.648.